The Labute approximate surface area is 127 Å². The number of amides is 1. The minimum absolute atomic E-state index is 0.201. The molecule has 2 aliphatic heterocycles. The molecule has 2 heterocycles. The largest absolute Gasteiger partial charge is 0.334 e. The molecule has 4 heteroatoms. The van der Waals surface area contributed by atoms with E-state index < -0.39 is 0 Å². The van der Waals surface area contributed by atoms with E-state index in [2.05, 4.69) is 41.2 Å². The van der Waals surface area contributed by atoms with Crippen molar-refractivity contribution < 1.29 is 4.79 Å². The maximum atomic E-state index is 12.9. The molecule has 0 bridgehead atoms. The van der Waals surface area contributed by atoms with Crippen molar-refractivity contribution in [3.8, 4) is 0 Å². The standard InChI is InChI=1S/C17H25N3O/c1-3-16-12-19(2)7-4-8-20(16)17(21)13-5-6-14-10-18-11-15(14)9-13/h5-6,9,16,18H,3-4,7-8,10-12H2,1-2H3. The van der Waals surface area contributed by atoms with Gasteiger partial charge in [-0.3, -0.25) is 4.79 Å². The predicted octanol–water partition coefficient (Wildman–Crippen LogP) is 1.85. The van der Waals surface area contributed by atoms with Crippen LogP contribution in [-0.4, -0.2) is 48.4 Å². The lowest BCUT2D eigenvalue weighted by atomic mass is 10.0. The van der Waals surface area contributed by atoms with Crippen molar-refractivity contribution in [2.75, 3.05) is 26.7 Å². The minimum atomic E-state index is 0.201. The van der Waals surface area contributed by atoms with Gasteiger partial charge >= 0.3 is 0 Å². The number of nitrogens with zero attached hydrogens (tertiary/aromatic N) is 2. The van der Waals surface area contributed by atoms with E-state index in [0.29, 0.717) is 6.04 Å². The van der Waals surface area contributed by atoms with Gasteiger partial charge in [-0.05, 0) is 49.7 Å². The maximum absolute atomic E-state index is 12.9. The number of benzene rings is 1. The third kappa shape index (κ3) is 2.97. The molecule has 0 saturated carbocycles. The molecule has 1 N–H and O–H groups in total. The Bertz CT molecular complexity index is 529. The molecule has 21 heavy (non-hydrogen) atoms. The van der Waals surface area contributed by atoms with Crippen LogP contribution in [0.2, 0.25) is 0 Å². The van der Waals surface area contributed by atoms with E-state index in [-0.39, 0.29) is 5.91 Å². The van der Waals surface area contributed by atoms with Crippen LogP contribution in [0.1, 0.15) is 41.3 Å². The van der Waals surface area contributed by atoms with Gasteiger partial charge in [-0.25, -0.2) is 0 Å². The number of nitrogens with one attached hydrogen (secondary N) is 1. The topological polar surface area (TPSA) is 35.6 Å². The van der Waals surface area contributed by atoms with E-state index in [1.807, 2.05) is 6.07 Å². The van der Waals surface area contributed by atoms with Gasteiger partial charge in [-0.15, -0.1) is 0 Å². The second-order valence-electron chi connectivity index (χ2n) is 6.26. The molecule has 1 saturated heterocycles. The molecule has 0 spiro atoms. The Kier molecular flexibility index (Phi) is 4.27. The highest BCUT2D eigenvalue weighted by Gasteiger charge is 2.27. The van der Waals surface area contributed by atoms with Crippen LogP contribution in [0.25, 0.3) is 0 Å². The molecular formula is C17H25N3O. The van der Waals surface area contributed by atoms with Crippen molar-refractivity contribution in [1.82, 2.24) is 15.1 Å². The fraction of sp³-hybridized carbons (Fsp3) is 0.588. The van der Waals surface area contributed by atoms with Crippen LogP contribution in [0.3, 0.4) is 0 Å². The molecule has 3 rings (SSSR count). The number of fused-ring (bicyclic) bond motifs is 1. The summed E-state index contributed by atoms with van der Waals surface area (Å²) in [6, 6.07) is 6.51. The summed E-state index contributed by atoms with van der Waals surface area (Å²) in [6.07, 6.45) is 2.08. The van der Waals surface area contributed by atoms with E-state index in [0.717, 1.165) is 51.1 Å². The van der Waals surface area contributed by atoms with Gasteiger partial charge in [0.25, 0.3) is 5.91 Å². The van der Waals surface area contributed by atoms with E-state index >= 15 is 0 Å². The molecule has 0 radical (unpaired) electrons. The Hall–Kier alpha value is -1.39. The van der Waals surface area contributed by atoms with E-state index in [1.165, 1.54) is 11.1 Å². The molecule has 1 aromatic carbocycles. The van der Waals surface area contributed by atoms with Crippen molar-refractivity contribution in [2.24, 2.45) is 0 Å². The summed E-state index contributed by atoms with van der Waals surface area (Å²) >= 11 is 0. The van der Waals surface area contributed by atoms with E-state index in [4.69, 9.17) is 0 Å². The predicted molar refractivity (Wildman–Crippen MR) is 84.2 cm³/mol. The third-order valence-corrected chi connectivity index (χ3v) is 4.72. The summed E-state index contributed by atoms with van der Waals surface area (Å²) in [4.78, 5) is 17.3. The molecule has 0 aromatic heterocycles. The zero-order valence-electron chi connectivity index (χ0n) is 13.1. The van der Waals surface area contributed by atoms with Crippen molar-refractivity contribution in [3.63, 3.8) is 0 Å². The van der Waals surface area contributed by atoms with Gasteiger partial charge in [0.05, 0.1) is 0 Å². The second kappa shape index (κ2) is 6.16. The van der Waals surface area contributed by atoms with Crippen LogP contribution in [0, 0.1) is 0 Å². The molecule has 114 valence electrons. The number of hydrogen-bond donors (Lipinski definition) is 1. The fourth-order valence-corrected chi connectivity index (χ4v) is 3.45. The van der Waals surface area contributed by atoms with Crippen LogP contribution >= 0.6 is 0 Å². The highest BCUT2D eigenvalue weighted by atomic mass is 16.2. The first-order valence-electron chi connectivity index (χ1n) is 8.01. The Morgan fingerprint density at radius 3 is 2.90 bits per heavy atom. The molecule has 1 fully saturated rings. The number of carbonyl (C=O) groups excluding carboxylic acids is 1. The average molecular weight is 287 g/mol. The molecule has 1 aromatic rings. The van der Waals surface area contributed by atoms with Crippen LogP contribution < -0.4 is 5.32 Å². The zero-order valence-corrected chi connectivity index (χ0v) is 13.1. The number of carbonyl (C=O) groups is 1. The van der Waals surface area contributed by atoms with Gasteiger partial charge in [0, 0.05) is 37.8 Å². The van der Waals surface area contributed by atoms with Crippen molar-refractivity contribution >= 4 is 5.91 Å². The summed E-state index contributed by atoms with van der Waals surface area (Å²) in [6.45, 7) is 6.92. The summed E-state index contributed by atoms with van der Waals surface area (Å²) in [5.74, 6) is 0.201. The first kappa shape index (κ1) is 14.5. The van der Waals surface area contributed by atoms with Crippen LogP contribution in [-0.2, 0) is 13.1 Å². The number of likely N-dealkylation sites (N-methyl/N-ethyl adjacent to an activating group) is 1. The lowest BCUT2D eigenvalue weighted by molar-refractivity contribution is 0.0675. The summed E-state index contributed by atoms with van der Waals surface area (Å²) in [5.41, 5.74) is 3.45. The second-order valence-corrected chi connectivity index (χ2v) is 6.26. The van der Waals surface area contributed by atoms with Crippen molar-refractivity contribution in [3.05, 3.63) is 34.9 Å². The average Bonchev–Trinajstić information content (AvgIpc) is 2.88. The van der Waals surface area contributed by atoms with Crippen LogP contribution in [0.15, 0.2) is 18.2 Å². The zero-order chi connectivity index (χ0) is 14.8. The van der Waals surface area contributed by atoms with Gasteiger partial charge in [-0.2, -0.15) is 0 Å². The van der Waals surface area contributed by atoms with Crippen molar-refractivity contribution in [1.29, 1.82) is 0 Å². The Balaban J connectivity index is 1.82. The number of rotatable bonds is 2. The molecule has 4 nitrogen and oxygen atoms in total. The van der Waals surface area contributed by atoms with E-state index in [9.17, 15) is 4.79 Å². The highest BCUT2D eigenvalue weighted by Crippen LogP contribution is 2.20. The normalized spacial score (nSPS) is 23.0. The van der Waals surface area contributed by atoms with Gasteiger partial charge in [0.2, 0.25) is 0 Å². The lowest BCUT2D eigenvalue weighted by Crippen LogP contribution is -2.43. The SMILES string of the molecule is CCC1CN(C)CCCN1C(=O)c1ccc2c(c1)CNC2. The van der Waals surface area contributed by atoms with E-state index in [1.54, 1.807) is 0 Å². The monoisotopic (exact) mass is 287 g/mol. The van der Waals surface area contributed by atoms with Gasteiger partial charge < -0.3 is 15.1 Å². The first-order valence-corrected chi connectivity index (χ1v) is 8.01. The quantitative estimate of drug-likeness (QED) is 0.901. The minimum Gasteiger partial charge on any atom is -0.334 e. The molecule has 2 aliphatic rings. The Morgan fingerprint density at radius 2 is 2.10 bits per heavy atom. The highest BCUT2D eigenvalue weighted by molar-refractivity contribution is 5.94. The molecule has 1 atom stereocenters. The van der Waals surface area contributed by atoms with Gasteiger partial charge in [0.1, 0.15) is 0 Å². The third-order valence-electron chi connectivity index (χ3n) is 4.72. The van der Waals surface area contributed by atoms with Crippen molar-refractivity contribution in [2.45, 2.75) is 38.9 Å². The molecule has 1 unspecified atom stereocenters. The number of hydrogen-bond acceptors (Lipinski definition) is 3. The van der Waals surface area contributed by atoms with Gasteiger partial charge in [-0.1, -0.05) is 13.0 Å². The first-order chi connectivity index (χ1) is 10.2. The summed E-state index contributed by atoms with van der Waals surface area (Å²) in [5, 5.41) is 3.34. The molecule has 1 amide bonds. The maximum Gasteiger partial charge on any atom is 0.254 e. The summed E-state index contributed by atoms with van der Waals surface area (Å²) in [7, 11) is 2.15. The lowest BCUT2D eigenvalue weighted by Gasteiger charge is -2.30. The van der Waals surface area contributed by atoms with Crippen LogP contribution in [0.5, 0.6) is 0 Å². The molecular weight excluding hydrogens is 262 g/mol. The van der Waals surface area contributed by atoms with Crippen LogP contribution in [0.4, 0.5) is 0 Å². The smallest absolute Gasteiger partial charge is 0.254 e. The molecule has 0 aliphatic carbocycles. The Morgan fingerprint density at radius 1 is 1.29 bits per heavy atom. The summed E-state index contributed by atoms with van der Waals surface area (Å²) < 4.78 is 0. The fourth-order valence-electron chi connectivity index (χ4n) is 3.45. The van der Waals surface area contributed by atoms with Gasteiger partial charge in [0.15, 0.2) is 0 Å².